The molecule has 0 unspecified atom stereocenters. The quantitative estimate of drug-likeness (QED) is 0.194. The minimum atomic E-state index is 0.879. The van der Waals surface area contributed by atoms with E-state index in [-0.39, 0.29) is 0 Å². The number of para-hydroxylation sites is 3. The zero-order valence-electron chi connectivity index (χ0n) is 24.2. The maximum atomic E-state index is 5.21. The number of hydrogen-bond acceptors (Lipinski definition) is 3. The Balaban J connectivity index is 1.14. The van der Waals surface area contributed by atoms with Crippen LogP contribution in [0.5, 0.6) is 0 Å². The van der Waals surface area contributed by atoms with Gasteiger partial charge in [-0.3, -0.25) is 4.57 Å². The molecule has 0 atom stereocenters. The van der Waals surface area contributed by atoms with Crippen LogP contribution in [0.25, 0.3) is 81.0 Å². The molecule has 6 aromatic carbocycles. The summed E-state index contributed by atoms with van der Waals surface area (Å²) in [5.74, 6) is 1.08. The standard InChI is InChI=1S/C40H27N3S/c1-2-37-41-34-12-6-7-13-35(34)43(37)28-21-19-26(20-22-28)25-15-17-27(18-16-25)39-32-24-23-30-29-9-4-8-14-36(29)44-40(30)38(32)31-10-3-5-11-33(31)42-39/h3-24H,2H2,1H3. The predicted octanol–water partition coefficient (Wildman–Crippen LogP) is 11.0. The van der Waals surface area contributed by atoms with Crippen LogP contribution in [-0.2, 0) is 6.42 Å². The van der Waals surface area contributed by atoms with E-state index in [2.05, 4.69) is 139 Å². The first-order chi connectivity index (χ1) is 21.8. The van der Waals surface area contributed by atoms with Gasteiger partial charge in [0.15, 0.2) is 0 Å². The van der Waals surface area contributed by atoms with Crippen LogP contribution in [0.3, 0.4) is 0 Å². The largest absolute Gasteiger partial charge is 0.296 e. The van der Waals surface area contributed by atoms with Crippen LogP contribution in [-0.4, -0.2) is 14.5 Å². The van der Waals surface area contributed by atoms with Crippen molar-refractivity contribution in [2.75, 3.05) is 0 Å². The highest BCUT2D eigenvalue weighted by atomic mass is 32.1. The van der Waals surface area contributed by atoms with Gasteiger partial charge in [-0.2, -0.15) is 0 Å². The fourth-order valence-electron chi connectivity index (χ4n) is 6.66. The number of fused-ring (bicyclic) bond motifs is 8. The summed E-state index contributed by atoms with van der Waals surface area (Å²) in [6.07, 6.45) is 0.879. The van der Waals surface area contributed by atoms with Crippen LogP contribution in [0, 0.1) is 0 Å². The zero-order chi connectivity index (χ0) is 29.2. The summed E-state index contributed by atoms with van der Waals surface area (Å²) >= 11 is 1.88. The first-order valence-corrected chi connectivity index (χ1v) is 15.9. The Kier molecular flexibility index (Phi) is 5.65. The van der Waals surface area contributed by atoms with E-state index in [4.69, 9.17) is 9.97 Å². The number of aryl methyl sites for hydroxylation is 1. The minimum absolute atomic E-state index is 0.879. The third kappa shape index (κ3) is 3.81. The molecule has 4 heteroatoms. The van der Waals surface area contributed by atoms with Crippen molar-refractivity contribution in [2.45, 2.75) is 13.3 Å². The minimum Gasteiger partial charge on any atom is -0.296 e. The van der Waals surface area contributed by atoms with Crippen LogP contribution in [0.15, 0.2) is 133 Å². The lowest BCUT2D eigenvalue weighted by atomic mass is 9.96. The number of pyridine rings is 1. The molecule has 3 heterocycles. The average Bonchev–Trinajstić information content (AvgIpc) is 3.66. The topological polar surface area (TPSA) is 30.7 Å². The summed E-state index contributed by atoms with van der Waals surface area (Å²) in [6, 6.07) is 47.8. The molecular weight excluding hydrogens is 555 g/mol. The van der Waals surface area contributed by atoms with E-state index in [1.807, 2.05) is 17.4 Å². The number of aromatic nitrogens is 3. The molecule has 0 spiro atoms. The summed E-state index contributed by atoms with van der Waals surface area (Å²) in [7, 11) is 0. The van der Waals surface area contributed by atoms with Crippen LogP contribution in [0.1, 0.15) is 12.7 Å². The number of nitrogens with zero attached hydrogens (tertiary/aromatic N) is 3. The van der Waals surface area contributed by atoms with Crippen LogP contribution in [0.4, 0.5) is 0 Å². The SMILES string of the molecule is CCc1nc2ccccc2n1-c1ccc(-c2ccc(-c3nc4ccccc4c4c3ccc3c5ccccc5sc34)cc2)cc1. The number of thiophene rings is 1. The molecule has 0 aliphatic heterocycles. The summed E-state index contributed by atoms with van der Waals surface area (Å²) in [5, 5.41) is 6.33. The molecule has 9 aromatic rings. The van der Waals surface area contributed by atoms with E-state index in [0.717, 1.165) is 45.7 Å². The highest BCUT2D eigenvalue weighted by molar-refractivity contribution is 7.26. The number of rotatable bonds is 4. The van der Waals surface area contributed by atoms with Gasteiger partial charge in [0.1, 0.15) is 5.82 Å². The molecule has 0 aliphatic rings. The number of benzene rings is 6. The summed E-state index contributed by atoms with van der Waals surface area (Å²) in [6.45, 7) is 2.16. The monoisotopic (exact) mass is 581 g/mol. The second-order valence-corrected chi connectivity index (χ2v) is 12.3. The smallest absolute Gasteiger partial charge is 0.114 e. The van der Waals surface area contributed by atoms with Gasteiger partial charge >= 0.3 is 0 Å². The maximum absolute atomic E-state index is 5.21. The Bertz CT molecular complexity index is 2520. The van der Waals surface area contributed by atoms with Crippen molar-refractivity contribution in [2.24, 2.45) is 0 Å². The normalized spacial score (nSPS) is 11.8. The van der Waals surface area contributed by atoms with Crippen molar-refractivity contribution in [3.05, 3.63) is 139 Å². The fraction of sp³-hybridized carbons (Fsp3) is 0.0500. The van der Waals surface area contributed by atoms with Gasteiger partial charge in [0.2, 0.25) is 0 Å². The van der Waals surface area contributed by atoms with Gasteiger partial charge in [0, 0.05) is 54.0 Å². The van der Waals surface area contributed by atoms with E-state index in [1.54, 1.807) is 0 Å². The Labute approximate surface area is 258 Å². The second-order valence-electron chi connectivity index (χ2n) is 11.3. The highest BCUT2D eigenvalue weighted by Gasteiger charge is 2.16. The molecule has 0 fully saturated rings. The molecule has 3 aromatic heterocycles. The summed E-state index contributed by atoms with van der Waals surface area (Å²) in [4.78, 5) is 10.1. The Hall–Kier alpha value is -5.32. The van der Waals surface area contributed by atoms with E-state index in [1.165, 1.54) is 47.5 Å². The molecule has 0 saturated carbocycles. The van der Waals surface area contributed by atoms with Crippen LogP contribution >= 0.6 is 11.3 Å². The van der Waals surface area contributed by atoms with E-state index < -0.39 is 0 Å². The second kappa shape index (κ2) is 9.87. The third-order valence-corrected chi connectivity index (χ3v) is 9.98. The lowest BCUT2D eigenvalue weighted by Gasteiger charge is -2.12. The van der Waals surface area contributed by atoms with Gasteiger partial charge in [-0.1, -0.05) is 104 Å². The molecule has 0 radical (unpaired) electrons. The van der Waals surface area contributed by atoms with Gasteiger partial charge in [-0.05, 0) is 47.5 Å². The molecule has 0 bridgehead atoms. The molecule has 0 N–H and O–H groups in total. The van der Waals surface area contributed by atoms with Gasteiger partial charge in [0.05, 0.1) is 22.2 Å². The first kappa shape index (κ1) is 25.2. The van der Waals surface area contributed by atoms with Crippen LogP contribution in [0.2, 0.25) is 0 Å². The van der Waals surface area contributed by atoms with Crippen molar-refractivity contribution in [3.63, 3.8) is 0 Å². The predicted molar refractivity (Wildman–Crippen MR) is 187 cm³/mol. The summed E-state index contributed by atoms with van der Waals surface area (Å²) in [5.41, 5.74) is 8.86. The molecule has 0 aliphatic carbocycles. The molecule has 9 rings (SSSR count). The van der Waals surface area contributed by atoms with E-state index in [0.29, 0.717) is 0 Å². The molecule has 0 amide bonds. The van der Waals surface area contributed by atoms with Gasteiger partial charge in [0.25, 0.3) is 0 Å². The number of hydrogen-bond donors (Lipinski definition) is 0. The van der Waals surface area contributed by atoms with Gasteiger partial charge < -0.3 is 0 Å². The van der Waals surface area contributed by atoms with Crippen molar-refractivity contribution in [1.29, 1.82) is 0 Å². The lowest BCUT2D eigenvalue weighted by Crippen LogP contribution is -1.99. The fourth-order valence-corrected chi connectivity index (χ4v) is 7.93. The van der Waals surface area contributed by atoms with Crippen LogP contribution < -0.4 is 0 Å². The average molecular weight is 582 g/mol. The van der Waals surface area contributed by atoms with Crippen molar-refractivity contribution in [3.8, 4) is 28.1 Å². The first-order valence-electron chi connectivity index (χ1n) is 15.1. The van der Waals surface area contributed by atoms with Gasteiger partial charge in [-0.15, -0.1) is 11.3 Å². The van der Waals surface area contributed by atoms with Crippen molar-refractivity contribution >= 4 is 64.2 Å². The molecule has 44 heavy (non-hydrogen) atoms. The maximum Gasteiger partial charge on any atom is 0.114 e. The molecular formula is C40H27N3S. The molecule has 0 saturated heterocycles. The van der Waals surface area contributed by atoms with Crippen molar-refractivity contribution in [1.82, 2.24) is 14.5 Å². The van der Waals surface area contributed by atoms with Gasteiger partial charge in [-0.25, -0.2) is 9.97 Å². The number of imidazole rings is 1. The summed E-state index contributed by atoms with van der Waals surface area (Å²) < 4.78 is 4.92. The Morgan fingerprint density at radius 3 is 1.98 bits per heavy atom. The lowest BCUT2D eigenvalue weighted by molar-refractivity contribution is 0.908. The Morgan fingerprint density at radius 1 is 0.545 bits per heavy atom. The van der Waals surface area contributed by atoms with Crippen molar-refractivity contribution < 1.29 is 0 Å². The Morgan fingerprint density at radius 2 is 1.18 bits per heavy atom. The zero-order valence-corrected chi connectivity index (χ0v) is 25.0. The third-order valence-electron chi connectivity index (χ3n) is 8.77. The molecule has 208 valence electrons. The van der Waals surface area contributed by atoms with E-state index >= 15 is 0 Å². The highest BCUT2D eigenvalue weighted by Crippen LogP contribution is 2.43. The molecule has 3 nitrogen and oxygen atoms in total. The van der Waals surface area contributed by atoms with E-state index in [9.17, 15) is 0 Å².